The molecular weight excluding hydrogens is 275 g/mol. The van der Waals surface area contributed by atoms with Gasteiger partial charge in [-0.15, -0.1) is 5.10 Å². The summed E-state index contributed by atoms with van der Waals surface area (Å²) in [5, 5.41) is 4.26. The van der Waals surface area contributed by atoms with Crippen molar-refractivity contribution in [3.8, 4) is 5.69 Å². The third kappa shape index (κ3) is 2.54. The molecule has 0 atom stereocenters. The Bertz CT molecular complexity index is 669. The Morgan fingerprint density at radius 3 is 2.71 bits per heavy atom. The Labute approximate surface area is 121 Å². The Kier molecular flexibility index (Phi) is 4.11. The van der Waals surface area contributed by atoms with Gasteiger partial charge < -0.3 is 15.4 Å². The summed E-state index contributed by atoms with van der Waals surface area (Å²) < 4.78 is 19.9. The predicted molar refractivity (Wildman–Crippen MR) is 78.2 cm³/mol. The van der Waals surface area contributed by atoms with Gasteiger partial charge in [-0.05, 0) is 19.1 Å². The number of benzene rings is 1. The fourth-order valence-corrected chi connectivity index (χ4v) is 1.94. The number of aromatic nitrogens is 2. The number of methoxy groups -OCH3 is 1. The Hall–Kier alpha value is -2.57. The van der Waals surface area contributed by atoms with Crippen LogP contribution in [0.5, 0.6) is 0 Å². The van der Waals surface area contributed by atoms with Gasteiger partial charge in [0.25, 0.3) is 0 Å². The van der Waals surface area contributed by atoms with Gasteiger partial charge in [0.2, 0.25) is 0 Å². The van der Waals surface area contributed by atoms with E-state index in [9.17, 15) is 9.18 Å². The van der Waals surface area contributed by atoms with Gasteiger partial charge in [-0.1, -0.05) is 12.1 Å². The van der Waals surface area contributed by atoms with Gasteiger partial charge in [-0.25, -0.2) is 13.9 Å². The summed E-state index contributed by atoms with van der Waals surface area (Å²) in [7, 11) is 3.03. The average molecular weight is 292 g/mol. The van der Waals surface area contributed by atoms with E-state index in [0.29, 0.717) is 12.4 Å². The normalized spacial score (nSPS) is 10.5. The van der Waals surface area contributed by atoms with Gasteiger partial charge in [-0.3, -0.25) is 0 Å². The van der Waals surface area contributed by atoms with Crippen molar-refractivity contribution in [2.45, 2.75) is 6.92 Å². The third-order valence-corrected chi connectivity index (χ3v) is 3.21. The van der Waals surface area contributed by atoms with Crippen LogP contribution >= 0.6 is 0 Å². The van der Waals surface area contributed by atoms with Crippen LogP contribution in [0.1, 0.15) is 17.3 Å². The molecule has 0 spiro atoms. The number of nitrogen functional groups attached to an aromatic ring is 1. The van der Waals surface area contributed by atoms with Crippen molar-refractivity contribution in [1.29, 1.82) is 0 Å². The zero-order chi connectivity index (χ0) is 15.6. The van der Waals surface area contributed by atoms with Crippen molar-refractivity contribution in [2.75, 3.05) is 31.3 Å². The molecule has 2 aromatic rings. The molecule has 6 nitrogen and oxygen atoms in total. The summed E-state index contributed by atoms with van der Waals surface area (Å²) in [6.45, 7) is 2.51. The highest BCUT2D eigenvalue weighted by Gasteiger charge is 2.26. The van der Waals surface area contributed by atoms with E-state index in [2.05, 4.69) is 5.10 Å². The largest absolute Gasteiger partial charge is 0.465 e. The Balaban J connectivity index is 2.67. The van der Waals surface area contributed by atoms with E-state index in [1.807, 2.05) is 6.92 Å². The first-order valence-corrected chi connectivity index (χ1v) is 6.44. The van der Waals surface area contributed by atoms with E-state index >= 15 is 0 Å². The molecule has 1 heterocycles. The van der Waals surface area contributed by atoms with Crippen LogP contribution in [0.3, 0.4) is 0 Å². The van der Waals surface area contributed by atoms with Crippen molar-refractivity contribution in [3.05, 3.63) is 35.6 Å². The lowest BCUT2D eigenvalue weighted by molar-refractivity contribution is 0.0602. The summed E-state index contributed by atoms with van der Waals surface area (Å²) in [6.07, 6.45) is 0. The highest BCUT2D eigenvalue weighted by molar-refractivity contribution is 6.00. The number of hydrogen-bond donors (Lipinski definition) is 1. The van der Waals surface area contributed by atoms with Gasteiger partial charge in [0.05, 0.1) is 7.11 Å². The van der Waals surface area contributed by atoms with Crippen molar-refractivity contribution in [2.24, 2.45) is 0 Å². The number of halogens is 1. The van der Waals surface area contributed by atoms with Crippen LogP contribution in [0.15, 0.2) is 24.3 Å². The number of para-hydroxylation sites is 1. The molecule has 1 aromatic carbocycles. The van der Waals surface area contributed by atoms with Crippen molar-refractivity contribution < 1.29 is 13.9 Å². The second kappa shape index (κ2) is 5.82. The molecule has 2 N–H and O–H groups in total. The first-order valence-electron chi connectivity index (χ1n) is 6.44. The molecule has 1 aromatic heterocycles. The number of carbonyl (C=O) groups excluding carboxylic acids is 1. The van der Waals surface area contributed by atoms with Crippen molar-refractivity contribution in [1.82, 2.24) is 9.78 Å². The summed E-state index contributed by atoms with van der Waals surface area (Å²) >= 11 is 0. The maximum Gasteiger partial charge on any atom is 0.345 e. The molecule has 0 bridgehead atoms. The van der Waals surface area contributed by atoms with E-state index in [1.165, 1.54) is 23.9 Å². The molecule has 0 fully saturated rings. The second-order valence-corrected chi connectivity index (χ2v) is 4.45. The summed E-state index contributed by atoms with van der Waals surface area (Å²) in [4.78, 5) is 13.7. The molecule has 7 heteroatoms. The number of ether oxygens (including phenoxy) is 1. The lowest BCUT2D eigenvalue weighted by Gasteiger charge is -2.14. The van der Waals surface area contributed by atoms with Crippen LogP contribution in [0.2, 0.25) is 0 Å². The fraction of sp³-hybridized carbons (Fsp3) is 0.286. The number of hydrogen-bond acceptors (Lipinski definition) is 5. The van der Waals surface area contributed by atoms with Crippen molar-refractivity contribution >= 4 is 17.6 Å². The Morgan fingerprint density at radius 2 is 2.14 bits per heavy atom. The van der Waals surface area contributed by atoms with E-state index in [1.54, 1.807) is 24.1 Å². The van der Waals surface area contributed by atoms with Gasteiger partial charge in [0.15, 0.2) is 5.82 Å². The maximum atomic E-state index is 13.9. The van der Waals surface area contributed by atoms with E-state index in [-0.39, 0.29) is 17.1 Å². The molecule has 0 amide bonds. The highest BCUT2D eigenvalue weighted by Crippen LogP contribution is 2.28. The van der Waals surface area contributed by atoms with E-state index < -0.39 is 11.8 Å². The molecule has 0 aliphatic carbocycles. The topological polar surface area (TPSA) is 73.4 Å². The average Bonchev–Trinajstić information content (AvgIpc) is 2.83. The molecule has 21 heavy (non-hydrogen) atoms. The number of rotatable bonds is 4. The fourth-order valence-electron chi connectivity index (χ4n) is 1.94. The van der Waals surface area contributed by atoms with Gasteiger partial charge in [0, 0.05) is 13.6 Å². The second-order valence-electron chi connectivity index (χ2n) is 4.45. The lowest BCUT2D eigenvalue weighted by Crippen LogP contribution is -2.19. The number of anilines is 2. The molecular formula is C14H17FN4O2. The van der Waals surface area contributed by atoms with Crippen molar-refractivity contribution in [3.63, 3.8) is 0 Å². The Morgan fingerprint density at radius 1 is 1.48 bits per heavy atom. The summed E-state index contributed by atoms with van der Waals surface area (Å²) in [5.74, 6) is -0.688. The van der Waals surface area contributed by atoms with Gasteiger partial charge in [-0.2, -0.15) is 0 Å². The van der Waals surface area contributed by atoms with Gasteiger partial charge >= 0.3 is 5.97 Å². The summed E-state index contributed by atoms with van der Waals surface area (Å²) in [5.41, 5.74) is 6.29. The molecule has 112 valence electrons. The molecule has 0 saturated carbocycles. The number of carbonyl (C=O) groups is 1. The predicted octanol–water partition coefficient (Wildman–Crippen LogP) is 1.84. The quantitative estimate of drug-likeness (QED) is 0.870. The lowest BCUT2D eigenvalue weighted by atomic mass is 10.2. The summed E-state index contributed by atoms with van der Waals surface area (Å²) in [6, 6.07) is 6.08. The maximum absolute atomic E-state index is 13.9. The van der Waals surface area contributed by atoms with Gasteiger partial charge in [0.1, 0.15) is 22.9 Å². The SMILES string of the molecule is CCN(C)c1nn(-c2ccccc2F)c(N)c1C(=O)OC. The van der Waals surface area contributed by atoms with Crippen LogP contribution in [0.4, 0.5) is 16.0 Å². The number of nitrogens with zero attached hydrogens (tertiary/aromatic N) is 3. The number of esters is 1. The first-order chi connectivity index (χ1) is 10.0. The van der Waals surface area contributed by atoms with Crippen LogP contribution in [0.25, 0.3) is 5.69 Å². The minimum Gasteiger partial charge on any atom is -0.465 e. The minimum absolute atomic E-state index is 0.0438. The standard InChI is InChI=1S/C14H17FN4O2/c1-4-18(2)13-11(14(20)21-3)12(16)19(17-13)10-8-6-5-7-9(10)15/h5-8H,4,16H2,1-3H3. The third-order valence-electron chi connectivity index (χ3n) is 3.21. The van der Waals surface area contributed by atoms with Crippen LogP contribution in [0, 0.1) is 5.82 Å². The smallest absolute Gasteiger partial charge is 0.345 e. The molecule has 0 radical (unpaired) electrons. The van der Waals surface area contributed by atoms with Crippen LogP contribution in [-0.4, -0.2) is 36.5 Å². The zero-order valence-corrected chi connectivity index (χ0v) is 12.1. The number of nitrogens with two attached hydrogens (primary N) is 1. The highest BCUT2D eigenvalue weighted by atomic mass is 19.1. The minimum atomic E-state index is -0.606. The van der Waals surface area contributed by atoms with E-state index in [4.69, 9.17) is 10.5 Å². The molecule has 2 rings (SSSR count). The first kappa shape index (κ1) is 14.8. The van der Waals surface area contributed by atoms with E-state index in [0.717, 1.165) is 0 Å². The van der Waals surface area contributed by atoms with Crippen LogP contribution < -0.4 is 10.6 Å². The molecule has 0 aliphatic heterocycles. The molecule has 0 unspecified atom stereocenters. The van der Waals surface area contributed by atoms with Crippen LogP contribution in [-0.2, 0) is 4.74 Å². The molecule has 0 aliphatic rings. The monoisotopic (exact) mass is 292 g/mol. The zero-order valence-electron chi connectivity index (χ0n) is 12.1. The molecule has 0 saturated heterocycles.